The minimum absolute atomic E-state index is 0.00896. The summed E-state index contributed by atoms with van der Waals surface area (Å²) in [7, 11) is 0. The van der Waals surface area contributed by atoms with Crippen molar-refractivity contribution in [2.45, 2.75) is 5.16 Å². The standard InChI is InChI=1S/C10H7N3O2S2/c14-8(15)5-16-9-11-12-10-13(9)6-3-1-2-4-7(6)17-10/h1-4H,5H2,(H,14,15). The number of carbonyl (C=O) groups is 1. The molecule has 7 heteroatoms. The molecule has 0 spiro atoms. The minimum atomic E-state index is -0.855. The van der Waals surface area contributed by atoms with E-state index in [4.69, 9.17) is 5.11 Å². The van der Waals surface area contributed by atoms with Crippen molar-refractivity contribution < 1.29 is 9.90 Å². The first-order chi connectivity index (χ1) is 8.25. The monoisotopic (exact) mass is 265 g/mol. The van der Waals surface area contributed by atoms with Gasteiger partial charge in [0.2, 0.25) is 4.96 Å². The Morgan fingerprint density at radius 1 is 1.41 bits per heavy atom. The number of rotatable bonds is 3. The van der Waals surface area contributed by atoms with Gasteiger partial charge in [0.25, 0.3) is 0 Å². The lowest BCUT2D eigenvalue weighted by molar-refractivity contribution is -0.133. The molecule has 1 aromatic carbocycles. The zero-order valence-corrected chi connectivity index (χ0v) is 10.2. The van der Waals surface area contributed by atoms with E-state index in [9.17, 15) is 4.79 Å². The van der Waals surface area contributed by atoms with Crippen molar-refractivity contribution in [1.29, 1.82) is 0 Å². The quantitative estimate of drug-likeness (QED) is 0.735. The second kappa shape index (κ2) is 4.01. The number of carboxylic acids is 1. The molecule has 0 fully saturated rings. The molecule has 3 rings (SSSR count). The predicted molar refractivity (Wildman–Crippen MR) is 66.7 cm³/mol. The number of nitrogens with zero attached hydrogens (tertiary/aromatic N) is 3. The van der Waals surface area contributed by atoms with Crippen molar-refractivity contribution in [2.75, 3.05) is 5.75 Å². The van der Waals surface area contributed by atoms with E-state index in [1.807, 2.05) is 28.7 Å². The third-order valence-electron chi connectivity index (χ3n) is 2.24. The Labute approximate surface area is 104 Å². The summed E-state index contributed by atoms with van der Waals surface area (Å²) in [6.07, 6.45) is 0. The fourth-order valence-corrected chi connectivity index (χ4v) is 3.26. The molecule has 0 unspecified atom stereocenters. The summed E-state index contributed by atoms with van der Waals surface area (Å²) in [5.74, 6) is -0.864. The van der Waals surface area contributed by atoms with Crippen LogP contribution in [0.25, 0.3) is 15.2 Å². The van der Waals surface area contributed by atoms with Crippen LogP contribution in [0.3, 0.4) is 0 Å². The molecular weight excluding hydrogens is 258 g/mol. The van der Waals surface area contributed by atoms with Crippen LogP contribution >= 0.6 is 23.1 Å². The lowest BCUT2D eigenvalue weighted by atomic mass is 10.3. The van der Waals surface area contributed by atoms with Crippen molar-refractivity contribution in [2.24, 2.45) is 0 Å². The minimum Gasteiger partial charge on any atom is -0.481 e. The molecule has 2 heterocycles. The summed E-state index contributed by atoms with van der Waals surface area (Å²) >= 11 is 2.73. The lowest BCUT2D eigenvalue weighted by Crippen LogP contribution is -1.98. The highest BCUT2D eigenvalue weighted by atomic mass is 32.2. The van der Waals surface area contributed by atoms with Gasteiger partial charge in [-0.25, -0.2) is 0 Å². The summed E-state index contributed by atoms with van der Waals surface area (Å²) in [4.78, 5) is 11.3. The first kappa shape index (κ1) is 10.5. The summed E-state index contributed by atoms with van der Waals surface area (Å²) in [5, 5.41) is 17.3. The summed E-state index contributed by atoms with van der Waals surface area (Å²) < 4.78 is 3.02. The van der Waals surface area contributed by atoms with Crippen LogP contribution in [0.5, 0.6) is 0 Å². The fourth-order valence-electron chi connectivity index (χ4n) is 1.58. The highest BCUT2D eigenvalue weighted by Gasteiger charge is 2.13. The van der Waals surface area contributed by atoms with Crippen molar-refractivity contribution >= 4 is 44.2 Å². The van der Waals surface area contributed by atoms with Crippen LogP contribution < -0.4 is 0 Å². The molecule has 86 valence electrons. The SMILES string of the molecule is O=C(O)CSc1nnc2sc3ccccc3n12. The number of para-hydroxylation sites is 1. The summed E-state index contributed by atoms with van der Waals surface area (Å²) in [6.45, 7) is 0. The Hall–Kier alpha value is -1.60. The Kier molecular flexibility index (Phi) is 2.49. The molecule has 0 radical (unpaired) electrons. The van der Waals surface area contributed by atoms with Crippen LogP contribution in [-0.4, -0.2) is 31.4 Å². The number of thioether (sulfide) groups is 1. The molecular formula is C10H7N3O2S2. The topological polar surface area (TPSA) is 67.5 Å². The number of aromatic nitrogens is 3. The molecule has 5 nitrogen and oxygen atoms in total. The van der Waals surface area contributed by atoms with E-state index in [0.29, 0.717) is 5.16 Å². The average Bonchev–Trinajstić information content (AvgIpc) is 2.84. The highest BCUT2D eigenvalue weighted by Crippen LogP contribution is 2.29. The summed E-state index contributed by atoms with van der Waals surface area (Å²) in [6, 6.07) is 7.91. The van der Waals surface area contributed by atoms with Crippen molar-refractivity contribution in [3.63, 3.8) is 0 Å². The number of aliphatic carboxylic acids is 1. The maximum Gasteiger partial charge on any atom is 0.313 e. The van der Waals surface area contributed by atoms with Crippen LogP contribution in [0.4, 0.5) is 0 Å². The van der Waals surface area contributed by atoms with Crippen LogP contribution in [0.15, 0.2) is 29.4 Å². The smallest absolute Gasteiger partial charge is 0.313 e. The first-order valence-electron chi connectivity index (χ1n) is 4.83. The molecule has 0 aliphatic heterocycles. The molecule has 3 aromatic rings. The number of carboxylic acid groups (broad SMARTS) is 1. The van der Waals surface area contributed by atoms with Crippen molar-refractivity contribution in [3.05, 3.63) is 24.3 Å². The number of hydrogen-bond acceptors (Lipinski definition) is 5. The molecule has 0 bridgehead atoms. The third kappa shape index (κ3) is 1.77. The molecule has 0 amide bonds. The van der Waals surface area contributed by atoms with Gasteiger partial charge in [0.05, 0.1) is 16.0 Å². The predicted octanol–water partition coefficient (Wildman–Crippen LogP) is 2.12. The highest BCUT2D eigenvalue weighted by molar-refractivity contribution is 7.99. The second-order valence-corrected chi connectivity index (χ2v) is 5.30. The van der Waals surface area contributed by atoms with E-state index in [1.165, 1.54) is 11.8 Å². The maximum atomic E-state index is 10.6. The number of fused-ring (bicyclic) bond motifs is 3. The van der Waals surface area contributed by atoms with Gasteiger partial charge in [0, 0.05) is 0 Å². The molecule has 0 atom stereocenters. The Balaban J connectivity index is 2.15. The largest absolute Gasteiger partial charge is 0.481 e. The van der Waals surface area contributed by atoms with E-state index < -0.39 is 5.97 Å². The molecule has 0 aliphatic rings. The molecule has 17 heavy (non-hydrogen) atoms. The zero-order valence-electron chi connectivity index (χ0n) is 8.53. The molecule has 1 N–H and O–H groups in total. The lowest BCUT2D eigenvalue weighted by Gasteiger charge is -1.95. The van der Waals surface area contributed by atoms with E-state index in [2.05, 4.69) is 10.2 Å². The Morgan fingerprint density at radius 3 is 3.06 bits per heavy atom. The Bertz CT molecular complexity index is 704. The van der Waals surface area contributed by atoms with Gasteiger partial charge in [-0.15, -0.1) is 10.2 Å². The number of thiazole rings is 1. The van der Waals surface area contributed by atoms with E-state index in [1.54, 1.807) is 11.3 Å². The average molecular weight is 265 g/mol. The van der Waals surface area contributed by atoms with E-state index in [0.717, 1.165) is 15.2 Å². The Morgan fingerprint density at radius 2 is 2.24 bits per heavy atom. The van der Waals surface area contributed by atoms with Crippen LogP contribution in [0.2, 0.25) is 0 Å². The molecule has 0 saturated heterocycles. The fraction of sp³-hybridized carbons (Fsp3) is 0.100. The van der Waals surface area contributed by atoms with Crippen molar-refractivity contribution in [1.82, 2.24) is 14.6 Å². The third-order valence-corrected chi connectivity index (χ3v) is 4.16. The number of benzene rings is 1. The molecule has 0 aliphatic carbocycles. The van der Waals surface area contributed by atoms with Gasteiger partial charge in [-0.05, 0) is 12.1 Å². The van der Waals surface area contributed by atoms with Gasteiger partial charge in [-0.3, -0.25) is 9.20 Å². The zero-order chi connectivity index (χ0) is 11.8. The summed E-state index contributed by atoms with van der Waals surface area (Å²) in [5.41, 5.74) is 1.02. The van der Waals surface area contributed by atoms with Gasteiger partial charge >= 0.3 is 5.97 Å². The van der Waals surface area contributed by atoms with E-state index in [-0.39, 0.29) is 5.75 Å². The normalized spacial score (nSPS) is 11.3. The van der Waals surface area contributed by atoms with E-state index >= 15 is 0 Å². The van der Waals surface area contributed by atoms with Crippen LogP contribution in [0, 0.1) is 0 Å². The van der Waals surface area contributed by atoms with Crippen LogP contribution in [0.1, 0.15) is 0 Å². The van der Waals surface area contributed by atoms with Gasteiger partial charge < -0.3 is 5.11 Å². The first-order valence-corrected chi connectivity index (χ1v) is 6.63. The van der Waals surface area contributed by atoms with Crippen molar-refractivity contribution in [3.8, 4) is 0 Å². The van der Waals surface area contributed by atoms with Gasteiger partial charge in [0.15, 0.2) is 5.16 Å². The molecule has 2 aromatic heterocycles. The maximum absolute atomic E-state index is 10.6. The second-order valence-electron chi connectivity index (χ2n) is 3.35. The van der Waals surface area contributed by atoms with Gasteiger partial charge in [-0.1, -0.05) is 35.2 Å². The van der Waals surface area contributed by atoms with Crippen LogP contribution in [-0.2, 0) is 4.79 Å². The number of hydrogen-bond donors (Lipinski definition) is 1. The van der Waals surface area contributed by atoms with Gasteiger partial charge in [-0.2, -0.15) is 0 Å². The van der Waals surface area contributed by atoms with Gasteiger partial charge in [0.1, 0.15) is 0 Å². The molecule has 0 saturated carbocycles.